The SMILES string of the molecule is C[C@@H]1O[C@@H](O[C@@H](CC(C)(C)C)[C@@H](O)[C@@H](O)[C@H](O)CO)[C@@H](O)[C@H](O)[C@@H]1O. The van der Waals surface area contributed by atoms with Crippen molar-refractivity contribution in [3.8, 4) is 0 Å². The molecule has 0 bridgehead atoms. The standard InChI is InChI=1S/C16H32O9/c1-7-10(19)13(22)14(23)15(24-7)25-9(5-16(2,3)4)12(21)11(20)8(18)6-17/h7-15,17-23H,5-6H2,1-4H3/t7-,8+,9-,10+,11-,12+,13+,14-,15-/m0/s1. The van der Waals surface area contributed by atoms with E-state index >= 15 is 0 Å². The predicted molar refractivity (Wildman–Crippen MR) is 86.4 cm³/mol. The lowest BCUT2D eigenvalue weighted by molar-refractivity contribution is -0.315. The Labute approximate surface area is 147 Å². The summed E-state index contributed by atoms with van der Waals surface area (Å²) in [7, 11) is 0. The van der Waals surface area contributed by atoms with Crippen LogP contribution in [0.4, 0.5) is 0 Å². The fourth-order valence-corrected chi connectivity index (χ4v) is 2.71. The second kappa shape index (κ2) is 9.03. The maximum atomic E-state index is 10.3. The predicted octanol–water partition coefficient (Wildman–Crippen LogP) is -2.29. The van der Waals surface area contributed by atoms with Crippen LogP contribution in [0.1, 0.15) is 34.1 Å². The molecule has 1 saturated heterocycles. The highest BCUT2D eigenvalue weighted by molar-refractivity contribution is 4.90. The van der Waals surface area contributed by atoms with Crippen LogP contribution >= 0.6 is 0 Å². The van der Waals surface area contributed by atoms with Gasteiger partial charge in [-0.1, -0.05) is 20.8 Å². The molecular weight excluding hydrogens is 336 g/mol. The van der Waals surface area contributed by atoms with Crippen LogP contribution < -0.4 is 0 Å². The highest BCUT2D eigenvalue weighted by atomic mass is 16.7. The first-order valence-electron chi connectivity index (χ1n) is 8.39. The summed E-state index contributed by atoms with van der Waals surface area (Å²) >= 11 is 0. The van der Waals surface area contributed by atoms with Crippen LogP contribution in [0.3, 0.4) is 0 Å². The van der Waals surface area contributed by atoms with Gasteiger partial charge in [-0.15, -0.1) is 0 Å². The highest BCUT2D eigenvalue weighted by Gasteiger charge is 2.45. The third kappa shape index (κ3) is 6.09. The Balaban J connectivity index is 2.93. The van der Waals surface area contributed by atoms with Gasteiger partial charge < -0.3 is 45.2 Å². The van der Waals surface area contributed by atoms with Gasteiger partial charge in [0, 0.05) is 0 Å². The first kappa shape index (κ1) is 22.7. The maximum Gasteiger partial charge on any atom is 0.186 e. The van der Waals surface area contributed by atoms with Gasteiger partial charge in [0.25, 0.3) is 0 Å². The summed E-state index contributed by atoms with van der Waals surface area (Å²) in [6.07, 6.45) is -12.1. The van der Waals surface area contributed by atoms with Crippen molar-refractivity contribution in [2.24, 2.45) is 5.41 Å². The van der Waals surface area contributed by atoms with E-state index in [1.54, 1.807) is 0 Å². The largest absolute Gasteiger partial charge is 0.394 e. The number of hydrogen-bond acceptors (Lipinski definition) is 9. The maximum absolute atomic E-state index is 10.3. The van der Waals surface area contributed by atoms with Crippen LogP contribution in [0.5, 0.6) is 0 Å². The summed E-state index contributed by atoms with van der Waals surface area (Å²) in [6, 6.07) is 0. The zero-order valence-electron chi connectivity index (χ0n) is 15.1. The molecule has 9 nitrogen and oxygen atoms in total. The lowest BCUT2D eigenvalue weighted by atomic mass is 9.85. The Morgan fingerprint density at radius 1 is 0.960 bits per heavy atom. The number of hydrogen-bond donors (Lipinski definition) is 7. The van der Waals surface area contributed by atoms with E-state index in [4.69, 9.17) is 14.6 Å². The fraction of sp³-hybridized carbons (Fsp3) is 1.00. The van der Waals surface area contributed by atoms with Gasteiger partial charge in [-0.05, 0) is 18.8 Å². The molecule has 0 radical (unpaired) electrons. The molecule has 1 aliphatic rings. The van der Waals surface area contributed by atoms with Crippen LogP contribution in [0.25, 0.3) is 0 Å². The van der Waals surface area contributed by atoms with Crippen molar-refractivity contribution < 1.29 is 45.2 Å². The molecule has 0 amide bonds. The normalized spacial score (nSPS) is 35.9. The second-order valence-electron chi connectivity index (χ2n) is 7.85. The average molecular weight is 368 g/mol. The molecule has 0 unspecified atom stereocenters. The minimum absolute atomic E-state index is 0.225. The Morgan fingerprint density at radius 3 is 2.00 bits per heavy atom. The van der Waals surface area contributed by atoms with Crippen LogP contribution in [0.15, 0.2) is 0 Å². The van der Waals surface area contributed by atoms with Crippen LogP contribution in [0.2, 0.25) is 0 Å². The van der Waals surface area contributed by atoms with E-state index in [0.29, 0.717) is 0 Å². The van der Waals surface area contributed by atoms with E-state index in [0.717, 1.165) is 0 Å². The summed E-state index contributed by atoms with van der Waals surface area (Å²) < 4.78 is 11.0. The molecule has 1 fully saturated rings. The first-order chi connectivity index (χ1) is 11.4. The molecule has 1 rings (SSSR count). The summed E-state index contributed by atoms with van der Waals surface area (Å²) in [5.74, 6) is 0. The zero-order valence-corrected chi connectivity index (χ0v) is 15.1. The monoisotopic (exact) mass is 368 g/mol. The fourth-order valence-electron chi connectivity index (χ4n) is 2.71. The number of ether oxygens (including phenoxy) is 2. The average Bonchev–Trinajstić information content (AvgIpc) is 2.53. The van der Waals surface area contributed by atoms with E-state index in [1.807, 2.05) is 20.8 Å². The smallest absolute Gasteiger partial charge is 0.186 e. The van der Waals surface area contributed by atoms with Gasteiger partial charge in [0.2, 0.25) is 0 Å². The van der Waals surface area contributed by atoms with E-state index in [1.165, 1.54) is 6.92 Å². The number of aliphatic hydroxyl groups excluding tert-OH is 7. The topological polar surface area (TPSA) is 160 Å². The molecule has 25 heavy (non-hydrogen) atoms. The number of aliphatic hydroxyl groups is 7. The van der Waals surface area contributed by atoms with Gasteiger partial charge in [0.05, 0.1) is 18.8 Å². The Hall–Kier alpha value is -0.360. The van der Waals surface area contributed by atoms with Crippen molar-refractivity contribution in [3.05, 3.63) is 0 Å². The van der Waals surface area contributed by atoms with Crippen molar-refractivity contribution in [1.29, 1.82) is 0 Å². The summed E-state index contributed by atoms with van der Waals surface area (Å²) in [6.45, 7) is 6.35. The summed E-state index contributed by atoms with van der Waals surface area (Å²) in [4.78, 5) is 0. The molecule has 0 aromatic carbocycles. The molecule has 1 aliphatic heterocycles. The zero-order chi connectivity index (χ0) is 19.5. The quantitative estimate of drug-likeness (QED) is 0.262. The Kier molecular flexibility index (Phi) is 8.19. The van der Waals surface area contributed by atoms with Gasteiger partial charge in [0.1, 0.15) is 36.6 Å². The van der Waals surface area contributed by atoms with Crippen LogP contribution in [0, 0.1) is 5.41 Å². The molecule has 1 heterocycles. The van der Waals surface area contributed by atoms with E-state index < -0.39 is 61.7 Å². The van der Waals surface area contributed by atoms with Crippen molar-refractivity contribution in [1.82, 2.24) is 0 Å². The molecular formula is C16H32O9. The van der Waals surface area contributed by atoms with Crippen molar-refractivity contribution in [2.75, 3.05) is 6.61 Å². The molecule has 9 atom stereocenters. The molecule has 9 heteroatoms. The Morgan fingerprint density at radius 2 is 1.52 bits per heavy atom. The third-order valence-electron chi connectivity index (χ3n) is 4.24. The minimum atomic E-state index is -1.67. The summed E-state index contributed by atoms with van der Waals surface area (Å²) in [5, 5.41) is 68.4. The van der Waals surface area contributed by atoms with Gasteiger partial charge in [-0.25, -0.2) is 0 Å². The molecule has 0 aliphatic carbocycles. The molecule has 0 saturated carbocycles. The minimum Gasteiger partial charge on any atom is -0.394 e. The molecule has 0 aromatic heterocycles. The molecule has 0 aromatic rings. The Bertz CT molecular complexity index is 400. The lowest BCUT2D eigenvalue weighted by Gasteiger charge is -2.42. The van der Waals surface area contributed by atoms with Gasteiger partial charge >= 0.3 is 0 Å². The van der Waals surface area contributed by atoms with Gasteiger partial charge in [0.15, 0.2) is 6.29 Å². The van der Waals surface area contributed by atoms with Crippen LogP contribution in [-0.2, 0) is 9.47 Å². The van der Waals surface area contributed by atoms with Gasteiger partial charge in [-0.3, -0.25) is 0 Å². The number of rotatable bonds is 7. The van der Waals surface area contributed by atoms with Crippen molar-refractivity contribution in [3.63, 3.8) is 0 Å². The van der Waals surface area contributed by atoms with Crippen molar-refractivity contribution >= 4 is 0 Å². The third-order valence-corrected chi connectivity index (χ3v) is 4.24. The summed E-state index contributed by atoms with van der Waals surface area (Å²) in [5.41, 5.74) is -0.348. The molecule has 7 N–H and O–H groups in total. The highest BCUT2D eigenvalue weighted by Crippen LogP contribution is 2.29. The first-order valence-corrected chi connectivity index (χ1v) is 8.39. The van der Waals surface area contributed by atoms with E-state index in [2.05, 4.69) is 0 Å². The van der Waals surface area contributed by atoms with Gasteiger partial charge in [-0.2, -0.15) is 0 Å². The second-order valence-corrected chi connectivity index (χ2v) is 7.85. The molecule has 150 valence electrons. The lowest BCUT2D eigenvalue weighted by Crippen LogP contribution is -2.59. The van der Waals surface area contributed by atoms with Crippen LogP contribution in [-0.4, -0.2) is 97.5 Å². The molecule has 0 spiro atoms. The van der Waals surface area contributed by atoms with Crippen molar-refractivity contribution in [2.45, 2.75) is 89.2 Å². The van der Waals surface area contributed by atoms with E-state index in [-0.39, 0.29) is 11.8 Å². The van der Waals surface area contributed by atoms with E-state index in [9.17, 15) is 30.6 Å².